The first-order valence-electron chi connectivity index (χ1n) is 11.5. The number of ketones is 1. The molecular formula is C27H21ClN4O4S2. The molecule has 1 saturated heterocycles. The Morgan fingerprint density at radius 1 is 1.26 bits per heavy atom. The van der Waals surface area contributed by atoms with Crippen LogP contribution < -0.4 is 5.56 Å². The second-order valence-electron chi connectivity index (χ2n) is 8.47. The number of carbonyl (C=O) groups is 2. The fraction of sp³-hybridized carbons (Fsp3) is 0.185. The molecule has 2 aromatic heterocycles. The summed E-state index contributed by atoms with van der Waals surface area (Å²) in [5.74, 6) is -1.20. The minimum absolute atomic E-state index is 0.0301. The maximum Gasteiger partial charge on any atom is 0.271 e. The van der Waals surface area contributed by atoms with Gasteiger partial charge in [-0.2, -0.15) is 5.26 Å². The number of hydrogen-bond acceptors (Lipinski definition) is 8. The molecule has 0 spiro atoms. The number of amides is 1. The molecule has 8 nitrogen and oxygen atoms in total. The van der Waals surface area contributed by atoms with Crippen LogP contribution in [0.25, 0.3) is 6.08 Å². The highest BCUT2D eigenvalue weighted by molar-refractivity contribution is 8.26. The Kier molecular flexibility index (Phi) is 8.42. The van der Waals surface area contributed by atoms with Crippen molar-refractivity contribution in [3.05, 3.63) is 96.9 Å². The molecule has 1 aromatic carbocycles. The van der Waals surface area contributed by atoms with Gasteiger partial charge in [-0.15, -0.1) is 0 Å². The smallest absolute Gasteiger partial charge is 0.271 e. The largest absolute Gasteiger partial charge is 0.494 e. The van der Waals surface area contributed by atoms with Crippen molar-refractivity contribution in [2.75, 3.05) is 6.54 Å². The van der Waals surface area contributed by atoms with Crippen molar-refractivity contribution < 1.29 is 14.7 Å². The molecule has 0 aliphatic carbocycles. The minimum atomic E-state index is -0.687. The molecule has 1 aliphatic heterocycles. The van der Waals surface area contributed by atoms with Crippen molar-refractivity contribution in [3.8, 4) is 11.9 Å². The van der Waals surface area contributed by atoms with Gasteiger partial charge in [-0.3, -0.25) is 28.8 Å². The zero-order chi connectivity index (χ0) is 27.4. The van der Waals surface area contributed by atoms with Crippen LogP contribution in [0.1, 0.15) is 45.5 Å². The number of thiocarbonyl (C=S) groups is 1. The lowest BCUT2D eigenvalue weighted by Crippen LogP contribution is -2.30. The predicted molar refractivity (Wildman–Crippen MR) is 150 cm³/mol. The molecule has 1 aliphatic rings. The molecule has 11 heteroatoms. The predicted octanol–water partition coefficient (Wildman–Crippen LogP) is 4.70. The number of Topliss-reactive ketones (excluding diaryl/α,β-unsaturated/α-hetero) is 1. The molecule has 0 saturated carbocycles. The van der Waals surface area contributed by atoms with Gasteiger partial charge in [-0.05, 0) is 54.3 Å². The first kappa shape index (κ1) is 27.3. The SMILES string of the molecule is Cc1c(C(=O)CCCN2C(=O)/C(=C/c3ccc(Cl)cc3)SC2=S)c(O)n(Cc2cccnc2)c(=O)c1C#N. The first-order valence-corrected chi connectivity index (χ1v) is 13.1. The summed E-state index contributed by atoms with van der Waals surface area (Å²) in [6, 6.07) is 12.3. The van der Waals surface area contributed by atoms with Crippen molar-refractivity contribution in [2.24, 2.45) is 0 Å². The highest BCUT2D eigenvalue weighted by Crippen LogP contribution is 2.33. The fourth-order valence-electron chi connectivity index (χ4n) is 4.03. The third kappa shape index (κ3) is 5.70. The molecule has 192 valence electrons. The summed E-state index contributed by atoms with van der Waals surface area (Å²) in [7, 11) is 0. The van der Waals surface area contributed by atoms with E-state index in [1.165, 1.54) is 29.8 Å². The van der Waals surface area contributed by atoms with E-state index in [1.54, 1.807) is 48.7 Å². The van der Waals surface area contributed by atoms with E-state index in [1.807, 2.05) is 6.07 Å². The summed E-state index contributed by atoms with van der Waals surface area (Å²) in [5.41, 5.74) is 0.576. The fourth-order valence-corrected chi connectivity index (χ4v) is 5.47. The lowest BCUT2D eigenvalue weighted by atomic mass is 9.99. The number of carbonyl (C=O) groups excluding carboxylic acids is 2. The van der Waals surface area contributed by atoms with E-state index in [0.29, 0.717) is 19.8 Å². The van der Waals surface area contributed by atoms with Gasteiger partial charge in [0.15, 0.2) is 5.78 Å². The van der Waals surface area contributed by atoms with Crippen LogP contribution in [-0.2, 0) is 11.3 Å². The number of aromatic hydroxyl groups is 1. The number of nitrogens with zero attached hydrogens (tertiary/aromatic N) is 4. The number of thioether (sulfide) groups is 1. The average Bonchev–Trinajstić information content (AvgIpc) is 3.16. The highest BCUT2D eigenvalue weighted by atomic mass is 35.5. The maximum absolute atomic E-state index is 13.2. The molecule has 1 fully saturated rings. The number of rotatable bonds is 8. The Bertz CT molecular complexity index is 1560. The summed E-state index contributed by atoms with van der Waals surface area (Å²) in [5, 5.41) is 21.1. The van der Waals surface area contributed by atoms with Crippen LogP contribution in [0.2, 0.25) is 5.02 Å². The van der Waals surface area contributed by atoms with Gasteiger partial charge in [0.05, 0.1) is 17.0 Å². The summed E-state index contributed by atoms with van der Waals surface area (Å²) in [6.07, 6.45) is 5.07. The van der Waals surface area contributed by atoms with Crippen LogP contribution in [0.15, 0.2) is 58.5 Å². The Balaban J connectivity index is 1.50. The van der Waals surface area contributed by atoms with Gasteiger partial charge in [0.25, 0.3) is 11.5 Å². The van der Waals surface area contributed by atoms with Crippen LogP contribution in [0, 0.1) is 18.3 Å². The van der Waals surface area contributed by atoms with Crippen molar-refractivity contribution in [3.63, 3.8) is 0 Å². The zero-order valence-electron chi connectivity index (χ0n) is 20.2. The van der Waals surface area contributed by atoms with Gasteiger partial charge < -0.3 is 5.11 Å². The van der Waals surface area contributed by atoms with E-state index in [0.717, 1.165) is 10.1 Å². The van der Waals surface area contributed by atoms with Crippen molar-refractivity contribution in [1.29, 1.82) is 5.26 Å². The normalized spacial score (nSPS) is 14.2. The number of hydrogen-bond donors (Lipinski definition) is 1. The molecule has 4 rings (SSSR count). The topological polar surface area (TPSA) is 116 Å². The van der Waals surface area contributed by atoms with Gasteiger partial charge in [0.2, 0.25) is 5.88 Å². The molecule has 0 radical (unpaired) electrons. The van der Waals surface area contributed by atoms with Crippen LogP contribution in [0.3, 0.4) is 0 Å². The Labute approximate surface area is 233 Å². The standard InChI is InChI=1S/C27H21ClN4O4S2/c1-16-20(13-29)24(34)32(15-18-4-2-10-30-14-18)26(36)23(16)21(33)5-3-11-31-25(35)22(38-27(31)37)12-17-6-8-19(28)9-7-17/h2,4,6-10,12,14,36H,3,5,11,15H2,1H3/b22-12-. The van der Waals surface area contributed by atoms with E-state index >= 15 is 0 Å². The Morgan fingerprint density at radius 3 is 2.66 bits per heavy atom. The van der Waals surface area contributed by atoms with Crippen LogP contribution in [0.5, 0.6) is 5.88 Å². The Hall–Kier alpha value is -3.78. The van der Waals surface area contributed by atoms with Crippen molar-refractivity contribution in [1.82, 2.24) is 14.5 Å². The molecule has 38 heavy (non-hydrogen) atoms. The number of pyridine rings is 2. The molecule has 3 aromatic rings. The zero-order valence-corrected chi connectivity index (χ0v) is 22.6. The van der Waals surface area contributed by atoms with E-state index in [4.69, 9.17) is 23.8 Å². The molecule has 0 bridgehead atoms. The Morgan fingerprint density at radius 2 is 2.00 bits per heavy atom. The van der Waals surface area contributed by atoms with Crippen molar-refractivity contribution >= 4 is 57.7 Å². The second kappa shape index (κ2) is 11.7. The third-order valence-electron chi connectivity index (χ3n) is 5.97. The third-order valence-corrected chi connectivity index (χ3v) is 7.60. The number of aromatic nitrogens is 2. The number of benzene rings is 1. The number of halogens is 1. The summed E-state index contributed by atoms with van der Waals surface area (Å²) in [4.78, 5) is 44.8. The van der Waals surface area contributed by atoms with Gasteiger partial charge in [-0.25, -0.2) is 0 Å². The maximum atomic E-state index is 13.2. The molecule has 1 amide bonds. The van der Waals surface area contributed by atoms with E-state index in [2.05, 4.69) is 4.98 Å². The van der Waals surface area contributed by atoms with Crippen LogP contribution >= 0.6 is 35.6 Å². The average molecular weight is 565 g/mol. The number of nitriles is 1. The lowest BCUT2D eigenvalue weighted by molar-refractivity contribution is -0.122. The molecule has 1 N–H and O–H groups in total. The van der Waals surface area contributed by atoms with E-state index < -0.39 is 17.2 Å². The minimum Gasteiger partial charge on any atom is -0.494 e. The van der Waals surface area contributed by atoms with Gasteiger partial charge in [-0.1, -0.05) is 53.8 Å². The van der Waals surface area contributed by atoms with Crippen molar-refractivity contribution in [2.45, 2.75) is 26.3 Å². The molecule has 0 atom stereocenters. The molecule has 0 unspecified atom stereocenters. The molecule has 3 heterocycles. The van der Waals surface area contributed by atoms with Crippen LogP contribution in [0.4, 0.5) is 0 Å². The van der Waals surface area contributed by atoms with Gasteiger partial charge >= 0.3 is 0 Å². The summed E-state index contributed by atoms with van der Waals surface area (Å²) in [6.45, 7) is 1.61. The molecular weight excluding hydrogens is 544 g/mol. The second-order valence-corrected chi connectivity index (χ2v) is 10.6. The van der Waals surface area contributed by atoms with E-state index in [-0.39, 0.29) is 48.5 Å². The lowest BCUT2D eigenvalue weighted by Gasteiger charge is -2.17. The monoisotopic (exact) mass is 564 g/mol. The first-order chi connectivity index (χ1) is 18.2. The van der Waals surface area contributed by atoms with E-state index in [9.17, 15) is 24.8 Å². The van der Waals surface area contributed by atoms with Crippen LogP contribution in [-0.4, -0.2) is 42.1 Å². The summed E-state index contributed by atoms with van der Waals surface area (Å²) < 4.78 is 1.39. The van der Waals surface area contributed by atoms with Gasteiger partial charge in [0, 0.05) is 30.4 Å². The quantitative estimate of drug-likeness (QED) is 0.238. The highest BCUT2D eigenvalue weighted by Gasteiger charge is 2.32. The summed E-state index contributed by atoms with van der Waals surface area (Å²) >= 11 is 12.5. The van der Waals surface area contributed by atoms with Gasteiger partial charge in [0.1, 0.15) is 16.0 Å².